The second kappa shape index (κ2) is 12.9. The summed E-state index contributed by atoms with van der Waals surface area (Å²) in [4.78, 5) is 13.3. The molecule has 4 aromatic rings. The first-order valence-corrected chi connectivity index (χ1v) is 14.2. The maximum Gasteiger partial charge on any atom is 0.247 e. The van der Waals surface area contributed by atoms with Gasteiger partial charge in [-0.15, -0.1) is 10.2 Å². The molecule has 1 N–H and O–H groups in total. The predicted molar refractivity (Wildman–Crippen MR) is 155 cm³/mol. The standard InChI is InChI=1S/C32H30F2N6O3/c33-28-15-10-21(18-29(28)34)20-40-32(41)27-9-2-1-8-26(27)30(37-40)23-6-5-7-25(19-23)43-17-4-3-16-42-24-13-11-22(12-14-24)31-35-38-39-36-31/h1-2,5-7,10-15,18-19,26-27H,3-4,8-9,16-17,20H2,(H,35,36,38,39)/t26-,27+/m0/s1. The molecule has 2 heterocycles. The van der Waals surface area contributed by atoms with Gasteiger partial charge in [0.05, 0.1) is 31.4 Å². The third-order valence-electron chi connectivity index (χ3n) is 7.56. The van der Waals surface area contributed by atoms with E-state index in [1.54, 1.807) is 0 Å². The Balaban J connectivity index is 1.06. The maximum atomic E-state index is 13.8. The fourth-order valence-corrected chi connectivity index (χ4v) is 5.34. The second-order valence-corrected chi connectivity index (χ2v) is 10.5. The lowest BCUT2D eigenvalue weighted by Gasteiger charge is -2.37. The summed E-state index contributed by atoms with van der Waals surface area (Å²) in [7, 11) is 0. The largest absolute Gasteiger partial charge is 0.494 e. The van der Waals surface area contributed by atoms with Gasteiger partial charge in [-0.3, -0.25) is 4.79 Å². The fourth-order valence-electron chi connectivity index (χ4n) is 5.34. The number of hydrogen-bond acceptors (Lipinski definition) is 7. The number of nitrogens with one attached hydrogen (secondary N) is 1. The lowest BCUT2D eigenvalue weighted by Crippen LogP contribution is -2.45. The number of tetrazole rings is 1. The molecule has 1 aliphatic heterocycles. The molecule has 220 valence electrons. The first-order chi connectivity index (χ1) is 21.0. The number of fused-ring (bicyclic) bond motifs is 1. The van der Waals surface area contributed by atoms with Crippen LogP contribution in [0.15, 0.2) is 84.0 Å². The van der Waals surface area contributed by atoms with Crippen LogP contribution >= 0.6 is 0 Å². The number of unbranched alkanes of at least 4 members (excludes halogenated alkanes) is 1. The van der Waals surface area contributed by atoms with Gasteiger partial charge in [0.15, 0.2) is 11.6 Å². The number of allylic oxidation sites excluding steroid dienone is 2. The van der Waals surface area contributed by atoms with Gasteiger partial charge in [0.2, 0.25) is 11.7 Å². The molecule has 0 bridgehead atoms. The molecule has 9 nitrogen and oxygen atoms in total. The zero-order valence-corrected chi connectivity index (χ0v) is 23.3. The number of nitrogens with zero attached hydrogens (tertiary/aromatic N) is 5. The van der Waals surface area contributed by atoms with Gasteiger partial charge in [-0.05, 0) is 85.0 Å². The van der Waals surface area contributed by atoms with Gasteiger partial charge < -0.3 is 9.47 Å². The highest BCUT2D eigenvalue weighted by Crippen LogP contribution is 2.36. The monoisotopic (exact) mass is 584 g/mol. The van der Waals surface area contributed by atoms with Crippen LogP contribution < -0.4 is 9.47 Å². The molecule has 0 fully saturated rings. The second-order valence-electron chi connectivity index (χ2n) is 10.5. The summed E-state index contributed by atoms with van der Waals surface area (Å²) in [6, 6.07) is 18.9. The van der Waals surface area contributed by atoms with E-state index < -0.39 is 11.6 Å². The fraction of sp³-hybridized carbons (Fsp3) is 0.281. The highest BCUT2D eigenvalue weighted by molar-refractivity contribution is 6.07. The molecule has 2 atom stereocenters. The number of carbonyl (C=O) groups excluding carboxylic acids is 1. The Hall–Kier alpha value is -4.93. The number of halogens is 2. The number of H-pyrrole nitrogens is 1. The van der Waals surface area contributed by atoms with Gasteiger partial charge in [0, 0.05) is 17.0 Å². The van der Waals surface area contributed by atoms with Crippen LogP contribution in [0.2, 0.25) is 0 Å². The van der Waals surface area contributed by atoms with E-state index in [1.807, 2.05) is 54.6 Å². The van der Waals surface area contributed by atoms with Crippen molar-refractivity contribution in [2.75, 3.05) is 13.2 Å². The highest BCUT2D eigenvalue weighted by Gasteiger charge is 2.40. The number of benzene rings is 3. The number of hydrazone groups is 1. The summed E-state index contributed by atoms with van der Waals surface area (Å²) < 4.78 is 39.2. The molecule has 11 heteroatoms. The molecule has 0 spiro atoms. The van der Waals surface area contributed by atoms with Crippen LogP contribution in [0.1, 0.15) is 36.8 Å². The first kappa shape index (κ1) is 28.2. The van der Waals surface area contributed by atoms with E-state index in [-0.39, 0.29) is 24.3 Å². The number of aromatic amines is 1. The van der Waals surface area contributed by atoms with E-state index in [1.165, 1.54) is 11.1 Å². The molecule has 0 radical (unpaired) electrons. The van der Waals surface area contributed by atoms with E-state index in [0.29, 0.717) is 43.2 Å². The van der Waals surface area contributed by atoms with E-state index in [2.05, 4.69) is 26.7 Å². The number of hydrogen-bond donors (Lipinski definition) is 1. The van der Waals surface area contributed by atoms with Crippen LogP contribution in [0.25, 0.3) is 11.4 Å². The van der Waals surface area contributed by atoms with Crippen molar-refractivity contribution in [2.24, 2.45) is 16.9 Å². The number of rotatable bonds is 11. The number of amides is 1. The molecular weight excluding hydrogens is 554 g/mol. The van der Waals surface area contributed by atoms with E-state index in [0.717, 1.165) is 47.6 Å². The summed E-state index contributed by atoms with van der Waals surface area (Å²) in [5, 5.41) is 20.1. The molecule has 2 aliphatic rings. The first-order valence-electron chi connectivity index (χ1n) is 14.2. The summed E-state index contributed by atoms with van der Waals surface area (Å²) in [5.74, 6) is -0.294. The Morgan fingerprint density at radius 2 is 1.60 bits per heavy atom. The number of ether oxygens (including phenoxy) is 2. The van der Waals surface area contributed by atoms with Crippen molar-refractivity contribution >= 4 is 11.6 Å². The average molecular weight is 585 g/mol. The predicted octanol–water partition coefficient (Wildman–Crippen LogP) is 5.71. The Kier molecular flexibility index (Phi) is 8.48. The molecular formula is C32H30F2N6O3. The summed E-state index contributed by atoms with van der Waals surface area (Å²) in [5.41, 5.74) is 3.00. The van der Waals surface area contributed by atoms with E-state index in [4.69, 9.17) is 14.6 Å². The molecule has 0 unspecified atom stereocenters. The molecule has 0 saturated heterocycles. The third-order valence-corrected chi connectivity index (χ3v) is 7.56. The summed E-state index contributed by atoms with van der Waals surface area (Å²) in [6.45, 7) is 1.14. The molecule has 6 rings (SSSR count). The van der Waals surface area contributed by atoms with Gasteiger partial charge >= 0.3 is 0 Å². The van der Waals surface area contributed by atoms with Crippen molar-refractivity contribution in [3.63, 3.8) is 0 Å². The van der Waals surface area contributed by atoms with Crippen molar-refractivity contribution in [3.8, 4) is 22.9 Å². The van der Waals surface area contributed by atoms with Gasteiger partial charge in [-0.2, -0.15) is 10.3 Å². The zero-order valence-electron chi connectivity index (χ0n) is 23.3. The topological polar surface area (TPSA) is 106 Å². The smallest absolute Gasteiger partial charge is 0.247 e. The average Bonchev–Trinajstić information content (AvgIpc) is 3.58. The number of carbonyl (C=O) groups is 1. The molecule has 1 amide bonds. The minimum atomic E-state index is -0.948. The van der Waals surface area contributed by atoms with Crippen molar-refractivity contribution in [1.29, 1.82) is 0 Å². The Morgan fingerprint density at radius 3 is 2.35 bits per heavy atom. The van der Waals surface area contributed by atoms with Crippen molar-refractivity contribution in [1.82, 2.24) is 25.6 Å². The lowest BCUT2D eigenvalue weighted by molar-refractivity contribution is -0.138. The summed E-state index contributed by atoms with van der Waals surface area (Å²) >= 11 is 0. The van der Waals surface area contributed by atoms with Gasteiger partial charge in [0.1, 0.15) is 11.5 Å². The third kappa shape index (κ3) is 6.61. The normalized spacial score (nSPS) is 17.9. The minimum Gasteiger partial charge on any atom is -0.494 e. The van der Waals surface area contributed by atoms with Gasteiger partial charge in [0.25, 0.3) is 0 Å². The SMILES string of the molecule is O=C1[C@@H]2CC=CC[C@@H]2C(c2cccc(OCCCCOc3ccc(-c4nn[nH]n4)cc3)c2)=NN1Cc1ccc(F)c(F)c1. The van der Waals surface area contributed by atoms with Gasteiger partial charge in [-0.25, -0.2) is 13.8 Å². The zero-order chi connectivity index (χ0) is 29.6. The highest BCUT2D eigenvalue weighted by atomic mass is 19.2. The van der Waals surface area contributed by atoms with Crippen LogP contribution in [0.5, 0.6) is 11.5 Å². The van der Waals surface area contributed by atoms with Crippen LogP contribution in [0.3, 0.4) is 0 Å². The van der Waals surface area contributed by atoms with Crippen molar-refractivity contribution in [3.05, 3.63) is 102 Å². The number of aromatic nitrogens is 4. The lowest BCUT2D eigenvalue weighted by atomic mass is 9.76. The van der Waals surface area contributed by atoms with Crippen molar-refractivity contribution < 1.29 is 23.0 Å². The maximum absolute atomic E-state index is 13.8. The van der Waals surface area contributed by atoms with Crippen LogP contribution in [0.4, 0.5) is 8.78 Å². The summed E-state index contributed by atoms with van der Waals surface area (Å²) in [6.07, 6.45) is 7.04. The molecule has 0 saturated carbocycles. The molecule has 3 aromatic carbocycles. The molecule has 1 aliphatic carbocycles. The van der Waals surface area contributed by atoms with Gasteiger partial charge in [-0.1, -0.05) is 30.4 Å². The minimum absolute atomic E-state index is 0.0626. The Labute approximate surface area is 247 Å². The van der Waals surface area contributed by atoms with Crippen LogP contribution in [0, 0.1) is 23.5 Å². The van der Waals surface area contributed by atoms with Crippen molar-refractivity contribution in [2.45, 2.75) is 32.2 Å². The molecule has 1 aromatic heterocycles. The Morgan fingerprint density at radius 1 is 0.837 bits per heavy atom. The van der Waals surface area contributed by atoms with Crippen LogP contribution in [-0.4, -0.2) is 50.5 Å². The van der Waals surface area contributed by atoms with E-state index >= 15 is 0 Å². The molecule has 43 heavy (non-hydrogen) atoms. The quantitative estimate of drug-likeness (QED) is 0.179. The van der Waals surface area contributed by atoms with Crippen LogP contribution in [-0.2, 0) is 11.3 Å². The van der Waals surface area contributed by atoms with E-state index in [9.17, 15) is 13.6 Å². The Bertz CT molecular complexity index is 1620.